The second-order valence-corrected chi connectivity index (χ2v) is 6.08. The molecule has 0 fully saturated rings. The van der Waals surface area contributed by atoms with Gasteiger partial charge in [0.1, 0.15) is 5.82 Å². The van der Waals surface area contributed by atoms with E-state index in [0.717, 1.165) is 17.7 Å². The molecule has 7 heteroatoms. The van der Waals surface area contributed by atoms with Crippen LogP contribution in [0.3, 0.4) is 0 Å². The van der Waals surface area contributed by atoms with Crippen LogP contribution in [0.15, 0.2) is 29.3 Å². The number of nitrogens with zero attached hydrogens (tertiary/aromatic N) is 3. The maximum absolute atomic E-state index is 13.2. The number of benzene rings is 1. The molecule has 0 spiro atoms. The number of rotatable bonds is 5. The van der Waals surface area contributed by atoms with E-state index in [1.54, 1.807) is 13.1 Å². The fourth-order valence-electron chi connectivity index (χ4n) is 2.73. The quantitative estimate of drug-likeness (QED) is 0.411. The first-order valence-corrected chi connectivity index (χ1v) is 8.11. The maximum atomic E-state index is 13.2. The standard InChI is InChI=1S/C18H26FN5.HI/c1-12(9-17-13(2)23-24(5)14(17)3)22-18(20-4)21-11-15-7-6-8-16(19)10-15;/h6-8,10,12H,9,11H2,1-5H3,(H2,20,21,22);1H. The number of aromatic nitrogens is 2. The highest BCUT2D eigenvalue weighted by Gasteiger charge is 2.14. The molecule has 1 unspecified atom stereocenters. The molecule has 1 heterocycles. The lowest BCUT2D eigenvalue weighted by Gasteiger charge is -2.18. The minimum atomic E-state index is -0.229. The van der Waals surface area contributed by atoms with E-state index in [0.29, 0.717) is 12.5 Å². The molecule has 1 aromatic heterocycles. The normalized spacial score (nSPS) is 12.5. The molecule has 0 aliphatic carbocycles. The number of aryl methyl sites for hydroxylation is 2. The number of guanidine groups is 1. The molecule has 0 amide bonds. The van der Waals surface area contributed by atoms with Crippen LogP contribution in [0.2, 0.25) is 0 Å². The van der Waals surface area contributed by atoms with E-state index in [-0.39, 0.29) is 35.8 Å². The number of nitrogens with one attached hydrogen (secondary N) is 2. The maximum Gasteiger partial charge on any atom is 0.191 e. The van der Waals surface area contributed by atoms with E-state index < -0.39 is 0 Å². The molecule has 1 atom stereocenters. The van der Waals surface area contributed by atoms with Crippen LogP contribution in [0.4, 0.5) is 4.39 Å². The molecule has 2 N–H and O–H groups in total. The van der Waals surface area contributed by atoms with E-state index in [1.165, 1.54) is 23.4 Å². The van der Waals surface area contributed by atoms with Crippen molar-refractivity contribution in [1.29, 1.82) is 0 Å². The molecule has 0 aliphatic heterocycles. The van der Waals surface area contributed by atoms with E-state index in [2.05, 4.69) is 34.6 Å². The monoisotopic (exact) mass is 459 g/mol. The van der Waals surface area contributed by atoms with Gasteiger partial charge in [-0.25, -0.2) is 4.39 Å². The molecule has 25 heavy (non-hydrogen) atoms. The van der Waals surface area contributed by atoms with Crippen molar-refractivity contribution in [1.82, 2.24) is 20.4 Å². The molecule has 0 radical (unpaired) electrons. The molecule has 0 aliphatic rings. The third-order valence-electron chi connectivity index (χ3n) is 4.12. The van der Waals surface area contributed by atoms with Crippen LogP contribution in [0.25, 0.3) is 0 Å². The molecule has 0 bridgehead atoms. The molecule has 138 valence electrons. The fraction of sp³-hybridized carbons (Fsp3) is 0.444. The fourth-order valence-corrected chi connectivity index (χ4v) is 2.73. The van der Waals surface area contributed by atoms with Gasteiger partial charge in [-0.05, 0) is 50.5 Å². The smallest absolute Gasteiger partial charge is 0.191 e. The second-order valence-electron chi connectivity index (χ2n) is 6.08. The number of halogens is 2. The first kappa shape index (κ1) is 21.4. The van der Waals surface area contributed by atoms with Crippen LogP contribution in [0.5, 0.6) is 0 Å². The molecule has 0 saturated carbocycles. The van der Waals surface area contributed by atoms with Gasteiger partial charge in [-0.15, -0.1) is 24.0 Å². The summed E-state index contributed by atoms with van der Waals surface area (Å²) in [6.07, 6.45) is 0.867. The largest absolute Gasteiger partial charge is 0.354 e. The van der Waals surface area contributed by atoms with Gasteiger partial charge in [-0.3, -0.25) is 9.67 Å². The van der Waals surface area contributed by atoms with Crippen LogP contribution in [-0.4, -0.2) is 28.8 Å². The van der Waals surface area contributed by atoms with Crippen LogP contribution in [0.1, 0.15) is 29.4 Å². The summed E-state index contributed by atoms with van der Waals surface area (Å²) >= 11 is 0. The lowest BCUT2D eigenvalue weighted by molar-refractivity contribution is 0.621. The third kappa shape index (κ3) is 5.98. The Morgan fingerprint density at radius 2 is 2.08 bits per heavy atom. The van der Waals surface area contributed by atoms with E-state index in [1.807, 2.05) is 24.7 Å². The molecule has 2 aromatic rings. The lowest BCUT2D eigenvalue weighted by Crippen LogP contribution is -2.42. The highest BCUT2D eigenvalue weighted by Crippen LogP contribution is 2.14. The highest BCUT2D eigenvalue weighted by atomic mass is 127. The van der Waals surface area contributed by atoms with Gasteiger partial charge in [0, 0.05) is 32.4 Å². The Morgan fingerprint density at radius 3 is 2.64 bits per heavy atom. The summed E-state index contributed by atoms with van der Waals surface area (Å²) in [6.45, 7) is 6.75. The summed E-state index contributed by atoms with van der Waals surface area (Å²) < 4.78 is 15.1. The zero-order valence-electron chi connectivity index (χ0n) is 15.4. The average Bonchev–Trinajstić information content (AvgIpc) is 2.78. The van der Waals surface area contributed by atoms with Crippen molar-refractivity contribution in [2.75, 3.05) is 7.05 Å². The summed E-state index contributed by atoms with van der Waals surface area (Å²) in [5, 5.41) is 11.0. The molecule has 2 rings (SSSR count). The zero-order valence-corrected chi connectivity index (χ0v) is 17.8. The van der Waals surface area contributed by atoms with Crippen molar-refractivity contribution in [3.05, 3.63) is 52.6 Å². The van der Waals surface area contributed by atoms with Crippen molar-refractivity contribution < 1.29 is 4.39 Å². The lowest BCUT2D eigenvalue weighted by atomic mass is 10.1. The Bertz CT molecular complexity index is 726. The first-order valence-electron chi connectivity index (χ1n) is 8.11. The second kappa shape index (κ2) is 9.74. The molecule has 5 nitrogen and oxygen atoms in total. The van der Waals surface area contributed by atoms with Gasteiger partial charge in [0.15, 0.2) is 5.96 Å². The SMILES string of the molecule is CN=C(NCc1cccc(F)c1)NC(C)Cc1c(C)nn(C)c1C.I. The van der Waals surface area contributed by atoms with Gasteiger partial charge in [0.25, 0.3) is 0 Å². The Hall–Kier alpha value is -1.64. The minimum Gasteiger partial charge on any atom is -0.354 e. The highest BCUT2D eigenvalue weighted by molar-refractivity contribution is 14.0. The van der Waals surface area contributed by atoms with Crippen LogP contribution < -0.4 is 10.6 Å². The number of hydrogen-bond donors (Lipinski definition) is 2. The summed E-state index contributed by atoms with van der Waals surface area (Å²) in [6, 6.07) is 6.75. The summed E-state index contributed by atoms with van der Waals surface area (Å²) in [7, 11) is 3.69. The van der Waals surface area contributed by atoms with Crippen molar-refractivity contribution in [3.63, 3.8) is 0 Å². The average molecular weight is 459 g/mol. The zero-order chi connectivity index (χ0) is 17.7. The van der Waals surface area contributed by atoms with Gasteiger partial charge in [0.2, 0.25) is 0 Å². The van der Waals surface area contributed by atoms with Crippen LogP contribution in [-0.2, 0) is 20.0 Å². The topological polar surface area (TPSA) is 54.2 Å². The van der Waals surface area contributed by atoms with Crippen molar-refractivity contribution in [2.45, 2.75) is 39.8 Å². The van der Waals surface area contributed by atoms with E-state index >= 15 is 0 Å². The first-order chi connectivity index (χ1) is 11.4. The third-order valence-corrected chi connectivity index (χ3v) is 4.12. The van der Waals surface area contributed by atoms with Gasteiger partial charge in [-0.1, -0.05) is 12.1 Å². The summed E-state index contributed by atoms with van der Waals surface area (Å²) in [4.78, 5) is 4.24. The Morgan fingerprint density at radius 1 is 1.36 bits per heavy atom. The molecule has 0 saturated heterocycles. The minimum absolute atomic E-state index is 0. The van der Waals surface area contributed by atoms with Gasteiger partial charge in [0.05, 0.1) is 5.69 Å². The van der Waals surface area contributed by atoms with E-state index in [9.17, 15) is 4.39 Å². The van der Waals surface area contributed by atoms with Crippen molar-refractivity contribution in [3.8, 4) is 0 Å². The molecule has 1 aromatic carbocycles. The number of hydrogen-bond acceptors (Lipinski definition) is 2. The van der Waals surface area contributed by atoms with Gasteiger partial charge >= 0.3 is 0 Å². The predicted molar refractivity (Wildman–Crippen MR) is 111 cm³/mol. The van der Waals surface area contributed by atoms with Crippen LogP contribution in [0, 0.1) is 19.7 Å². The van der Waals surface area contributed by atoms with Crippen molar-refractivity contribution in [2.24, 2.45) is 12.0 Å². The van der Waals surface area contributed by atoms with Gasteiger partial charge < -0.3 is 10.6 Å². The molecular formula is C18H27FIN5. The summed E-state index contributed by atoms with van der Waals surface area (Å²) in [5.41, 5.74) is 4.39. The Labute approximate surface area is 166 Å². The Balaban J connectivity index is 0.00000312. The summed E-state index contributed by atoms with van der Waals surface area (Å²) in [5.74, 6) is 0.471. The number of aliphatic imine (C=N–C) groups is 1. The van der Waals surface area contributed by atoms with Crippen LogP contribution >= 0.6 is 24.0 Å². The van der Waals surface area contributed by atoms with Gasteiger partial charge in [-0.2, -0.15) is 5.10 Å². The predicted octanol–water partition coefficient (Wildman–Crippen LogP) is 3.09. The Kier molecular flexibility index (Phi) is 8.34. The van der Waals surface area contributed by atoms with Crippen molar-refractivity contribution >= 4 is 29.9 Å². The molecular weight excluding hydrogens is 432 g/mol. The van der Waals surface area contributed by atoms with E-state index in [4.69, 9.17) is 0 Å².